The Morgan fingerprint density at radius 3 is 2.66 bits per heavy atom. The van der Waals surface area contributed by atoms with Gasteiger partial charge in [0.1, 0.15) is 17.4 Å². The largest absolute Gasteiger partial charge is 0.481 e. The molecule has 0 saturated heterocycles. The van der Waals surface area contributed by atoms with Crippen molar-refractivity contribution in [3.63, 3.8) is 0 Å². The Morgan fingerprint density at radius 1 is 1.31 bits per heavy atom. The number of carboxylic acids is 1. The van der Waals surface area contributed by atoms with Gasteiger partial charge in [0.25, 0.3) is 0 Å². The predicted molar refractivity (Wildman–Crippen MR) is 112 cm³/mol. The summed E-state index contributed by atoms with van der Waals surface area (Å²) in [6, 6.07) is 5.44. The maximum absolute atomic E-state index is 13.1. The summed E-state index contributed by atoms with van der Waals surface area (Å²) in [5.74, 6) is -2.31. The zero-order chi connectivity index (χ0) is 23.4. The quantitative estimate of drug-likeness (QED) is 0.633. The van der Waals surface area contributed by atoms with E-state index >= 15 is 0 Å². The number of ether oxygens (including phenoxy) is 2. The van der Waals surface area contributed by atoms with Gasteiger partial charge in [0.15, 0.2) is 0 Å². The van der Waals surface area contributed by atoms with Crippen LogP contribution in [-0.4, -0.2) is 53.6 Å². The zero-order valence-electron chi connectivity index (χ0n) is 17.9. The number of amides is 1. The number of carbonyl (C=O) groups excluding carboxylic acids is 1. The molecule has 1 aromatic carbocycles. The molecule has 172 valence electrons. The fraction of sp³-hybridized carbons (Fsp3) is 0.409. The Labute approximate surface area is 184 Å². The fourth-order valence-electron chi connectivity index (χ4n) is 3.64. The summed E-state index contributed by atoms with van der Waals surface area (Å²) < 4.78 is 35.3. The van der Waals surface area contributed by atoms with Crippen LogP contribution in [-0.2, 0) is 9.59 Å². The van der Waals surface area contributed by atoms with Gasteiger partial charge in [-0.3, -0.25) is 14.6 Å². The van der Waals surface area contributed by atoms with Crippen molar-refractivity contribution in [3.05, 3.63) is 48.1 Å². The van der Waals surface area contributed by atoms with E-state index < -0.39 is 30.6 Å². The molecule has 4 atom stereocenters. The molecule has 0 aromatic heterocycles. The molecule has 1 heterocycles. The van der Waals surface area contributed by atoms with E-state index in [1.807, 2.05) is 0 Å². The van der Waals surface area contributed by atoms with Crippen LogP contribution < -0.4 is 14.8 Å². The smallest absolute Gasteiger partial charge is 0.387 e. The number of carboxylic acid groups (broad SMARTS) is 1. The highest BCUT2D eigenvalue weighted by Gasteiger charge is 2.41. The van der Waals surface area contributed by atoms with Gasteiger partial charge in [0.05, 0.1) is 17.7 Å². The van der Waals surface area contributed by atoms with Crippen molar-refractivity contribution in [2.24, 2.45) is 16.9 Å². The Bertz CT molecular complexity index is 963. The van der Waals surface area contributed by atoms with E-state index in [2.05, 4.69) is 15.2 Å². The van der Waals surface area contributed by atoms with Crippen molar-refractivity contribution in [2.75, 3.05) is 7.05 Å². The van der Waals surface area contributed by atoms with Crippen LogP contribution >= 0.6 is 0 Å². The number of carbonyl (C=O) groups is 2. The van der Waals surface area contributed by atoms with Crippen molar-refractivity contribution in [1.29, 1.82) is 0 Å². The number of halogens is 2. The number of aliphatic carboxylic acids is 1. The van der Waals surface area contributed by atoms with Gasteiger partial charge >= 0.3 is 12.6 Å². The SMILES string of the molecule is CC1=NN(C)C(Oc2cccc(OC(F)F)c2)C1C(=O)NC(C)C1=CCC(C(=O)O)C=C1. The van der Waals surface area contributed by atoms with E-state index in [0.29, 0.717) is 12.1 Å². The number of nitrogens with zero attached hydrogens (tertiary/aromatic N) is 2. The molecule has 32 heavy (non-hydrogen) atoms. The minimum atomic E-state index is -2.96. The van der Waals surface area contributed by atoms with Crippen LogP contribution in [0.4, 0.5) is 8.78 Å². The van der Waals surface area contributed by atoms with Crippen LogP contribution in [0.2, 0.25) is 0 Å². The Balaban J connectivity index is 1.68. The fourth-order valence-corrected chi connectivity index (χ4v) is 3.64. The second-order valence-corrected chi connectivity index (χ2v) is 7.63. The van der Waals surface area contributed by atoms with Crippen LogP contribution in [0, 0.1) is 11.8 Å². The highest BCUT2D eigenvalue weighted by Crippen LogP contribution is 2.28. The van der Waals surface area contributed by atoms with E-state index in [1.165, 1.54) is 23.2 Å². The molecule has 1 aliphatic heterocycles. The zero-order valence-corrected chi connectivity index (χ0v) is 17.9. The third kappa shape index (κ3) is 5.43. The van der Waals surface area contributed by atoms with Crippen LogP contribution in [0.15, 0.2) is 53.2 Å². The molecule has 8 nitrogen and oxygen atoms in total. The molecule has 3 rings (SSSR count). The van der Waals surface area contributed by atoms with Crippen molar-refractivity contribution in [1.82, 2.24) is 10.3 Å². The minimum absolute atomic E-state index is 0.0545. The molecule has 1 amide bonds. The first-order valence-corrected chi connectivity index (χ1v) is 10.1. The van der Waals surface area contributed by atoms with Gasteiger partial charge in [-0.05, 0) is 38.0 Å². The number of hydrogen-bond donors (Lipinski definition) is 2. The van der Waals surface area contributed by atoms with Gasteiger partial charge in [-0.2, -0.15) is 13.9 Å². The molecule has 1 aromatic rings. The van der Waals surface area contributed by atoms with Crippen molar-refractivity contribution < 1.29 is 33.0 Å². The lowest BCUT2D eigenvalue weighted by atomic mass is 9.93. The van der Waals surface area contributed by atoms with E-state index in [0.717, 1.165) is 5.57 Å². The number of hydrazone groups is 1. The molecule has 0 saturated carbocycles. The highest BCUT2D eigenvalue weighted by molar-refractivity contribution is 6.04. The van der Waals surface area contributed by atoms with Crippen LogP contribution in [0.5, 0.6) is 11.5 Å². The number of hydrogen-bond acceptors (Lipinski definition) is 6. The third-order valence-electron chi connectivity index (χ3n) is 5.29. The number of nitrogens with one attached hydrogen (secondary N) is 1. The monoisotopic (exact) mass is 449 g/mol. The molecule has 2 aliphatic rings. The first-order chi connectivity index (χ1) is 15.2. The Kier molecular flexibility index (Phi) is 7.12. The molecule has 0 radical (unpaired) electrons. The molecule has 0 fully saturated rings. The molecule has 1 aliphatic carbocycles. The van der Waals surface area contributed by atoms with Crippen LogP contribution in [0.1, 0.15) is 20.3 Å². The first-order valence-electron chi connectivity index (χ1n) is 10.1. The standard InChI is InChI=1S/C22H25F2N3O5/c1-12(14-7-9-15(10-8-14)21(29)30)25-19(28)18-13(2)26-27(3)20(18)31-16-5-4-6-17(11-16)32-22(23)24/h4-9,11-12,15,18,20,22H,10H2,1-3H3,(H,25,28)(H,29,30). The molecule has 2 N–H and O–H groups in total. The summed E-state index contributed by atoms with van der Waals surface area (Å²) in [4.78, 5) is 24.2. The Morgan fingerprint density at radius 2 is 2.03 bits per heavy atom. The lowest BCUT2D eigenvalue weighted by Gasteiger charge is -2.27. The maximum Gasteiger partial charge on any atom is 0.387 e. The van der Waals surface area contributed by atoms with Gasteiger partial charge < -0.3 is 19.9 Å². The average Bonchev–Trinajstić information content (AvgIpc) is 3.00. The Hall–Kier alpha value is -3.43. The molecular weight excluding hydrogens is 424 g/mol. The summed E-state index contributed by atoms with van der Waals surface area (Å²) in [6.45, 7) is 0.558. The molecular formula is C22H25F2N3O5. The van der Waals surface area contributed by atoms with Crippen LogP contribution in [0.3, 0.4) is 0 Å². The van der Waals surface area contributed by atoms with Gasteiger partial charge in [-0.1, -0.05) is 24.3 Å². The van der Waals surface area contributed by atoms with Gasteiger partial charge in [-0.15, -0.1) is 0 Å². The topological polar surface area (TPSA) is 100 Å². The van der Waals surface area contributed by atoms with E-state index in [9.17, 15) is 18.4 Å². The van der Waals surface area contributed by atoms with Crippen molar-refractivity contribution in [3.8, 4) is 11.5 Å². The summed E-state index contributed by atoms with van der Waals surface area (Å²) in [5, 5.41) is 17.8. The summed E-state index contributed by atoms with van der Waals surface area (Å²) in [6.07, 6.45) is 4.69. The van der Waals surface area contributed by atoms with Crippen molar-refractivity contribution in [2.45, 2.75) is 39.1 Å². The summed E-state index contributed by atoms with van der Waals surface area (Å²) in [7, 11) is 1.66. The average molecular weight is 449 g/mol. The number of rotatable bonds is 8. The maximum atomic E-state index is 13.1. The normalized spacial score (nSPS) is 23.4. The second kappa shape index (κ2) is 9.80. The van der Waals surface area contributed by atoms with Gasteiger partial charge in [0.2, 0.25) is 12.1 Å². The second-order valence-electron chi connectivity index (χ2n) is 7.63. The third-order valence-corrected chi connectivity index (χ3v) is 5.29. The lowest BCUT2D eigenvalue weighted by molar-refractivity contribution is -0.140. The molecule has 10 heteroatoms. The van der Waals surface area contributed by atoms with E-state index in [4.69, 9.17) is 9.84 Å². The van der Waals surface area contributed by atoms with Gasteiger partial charge in [-0.25, -0.2) is 0 Å². The summed E-state index contributed by atoms with van der Waals surface area (Å²) >= 11 is 0. The predicted octanol–water partition coefficient (Wildman–Crippen LogP) is 3.02. The van der Waals surface area contributed by atoms with Crippen molar-refractivity contribution >= 4 is 17.6 Å². The minimum Gasteiger partial charge on any atom is -0.481 e. The van der Waals surface area contributed by atoms with Crippen LogP contribution in [0.25, 0.3) is 0 Å². The molecule has 0 spiro atoms. The number of allylic oxidation sites excluding steroid dienone is 1. The van der Waals surface area contributed by atoms with Gasteiger partial charge in [0, 0.05) is 13.1 Å². The summed E-state index contributed by atoms with van der Waals surface area (Å²) in [5.41, 5.74) is 1.35. The molecule has 0 bridgehead atoms. The van der Waals surface area contributed by atoms with E-state index in [-0.39, 0.29) is 23.4 Å². The number of alkyl halides is 2. The molecule has 4 unspecified atom stereocenters. The lowest BCUT2D eigenvalue weighted by Crippen LogP contribution is -2.47. The highest BCUT2D eigenvalue weighted by atomic mass is 19.3. The van der Waals surface area contributed by atoms with E-state index in [1.54, 1.807) is 45.2 Å². The first kappa shape index (κ1) is 23.2. The number of benzene rings is 1.